The van der Waals surface area contributed by atoms with Gasteiger partial charge in [0, 0.05) is 6.07 Å². The molecule has 21 heavy (non-hydrogen) atoms. The molecule has 2 rings (SSSR count). The molecule has 110 valence electrons. The Morgan fingerprint density at radius 3 is 2.29 bits per heavy atom. The molecule has 0 saturated carbocycles. The second-order valence-electron chi connectivity index (χ2n) is 5.36. The average Bonchev–Trinajstić information content (AvgIpc) is 2.37. The Hall–Kier alpha value is -2.16. The van der Waals surface area contributed by atoms with E-state index in [1.165, 1.54) is 30.7 Å². The SMILES string of the molecule is CC(=O)c1ccc(F)cc1OCc1c(C)cc(C)cc1C. The normalized spacial score (nSPS) is 10.5. The minimum atomic E-state index is -0.410. The highest BCUT2D eigenvalue weighted by molar-refractivity contribution is 5.96. The van der Waals surface area contributed by atoms with Gasteiger partial charge in [-0.15, -0.1) is 0 Å². The molecule has 0 aromatic heterocycles. The molecular weight excluding hydrogens is 267 g/mol. The van der Waals surface area contributed by atoms with Gasteiger partial charge in [0.05, 0.1) is 5.56 Å². The molecule has 0 spiro atoms. The zero-order chi connectivity index (χ0) is 15.6. The Kier molecular flexibility index (Phi) is 4.41. The number of rotatable bonds is 4. The van der Waals surface area contributed by atoms with E-state index in [0.717, 1.165) is 16.7 Å². The van der Waals surface area contributed by atoms with Crippen molar-refractivity contribution in [1.82, 2.24) is 0 Å². The number of ether oxygens (including phenoxy) is 1. The number of carbonyl (C=O) groups is 1. The molecule has 2 nitrogen and oxygen atoms in total. The summed E-state index contributed by atoms with van der Waals surface area (Å²) >= 11 is 0. The van der Waals surface area contributed by atoms with Crippen LogP contribution < -0.4 is 4.74 Å². The summed E-state index contributed by atoms with van der Waals surface area (Å²) < 4.78 is 19.1. The zero-order valence-electron chi connectivity index (χ0n) is 12.8. The van der Waals surface area contributed by atoms with Crippen LogP contribution in [-0.2, 0) is 6.61 Å². The van der Waals surface area contributed by atoms with Gasteiger partial charge < -0.3 is 4.74 Å². The van der Waals surface area contributed by atoms with Crippen molar-refractivity contribution in [2.75, 3.05) is 0 Å². The first-order chi connectivity index (χ1) is 9.88. The highest BCUT2D eigenvalue weighted by Gasteiger charge is 2.11. The molecule has 0 bridgehead atoms. The molecule has 0 heterocycles. The number of aryl methyl sites for hydroxylation is 3. The Morgan fingerprint density at radius 1 is 1.10 bits per heavy atom. The van der Waals surface area contributed by atoms with Crippen LogP contribution in [0.4, 0.5) is 4.39 Å². The van der Waals surface area contributed by atoms with E-state index in [1.807, 2.05) is 20.8 Å². The molecule has 0 radical (unpaired) electrons. The summed E-state index contributed by atoms with van der Waals surface area (Å²) in [7, 11) is 0. The summed E-state index contributed by atoms with van der Waals surface area (Å²) in [6.07, 6.45) is 0. The number of benzene rings is 2. The van der Waals surface area contributed by atoms with Gasteiger partial charge in [-0.25, -0.2) is 4.39 Å². The van der Waals surface area contributed by atoms with Crippen molar-refractivity contribution in [1.29, 1.82) is 0 Å². The molecule has 0 unspecified atom stereocenters. The molecule has 0 aliphatic rings. The highest BCUT2D eigenvalue weighted by Crippen LogP contribution is 2.24. The second-order valence-corrected chi connectivity index (χ2v) is 5.36. The van der Waals surface area contributed by atoms with E-state index in [4.69, 9.17) is 4.74 Å². The monoisotopic (exact) mass is 286 g/mol. The largest absolute Gasteiger partial charge is 0.488 e. The highest BCUT2D eigenvalue weighted by atomic mass is 19.1. The van der Waals surface area contributed by atoms with Crippen molar-refractivity contribution in [2.24, 2.45) is 0 Å². The summed E-state index contributed by atoms with van der Waals surface area (Å²) in [5.74, 6) is -0.253. The van der Waals surface area contributed by atoms with Crippen molar-refractivity contribution in [3.8, 4) is 5.75 Å². The predicted octanol–water partition coefficient (Wildman–Crippen LogP) is 4.53. The van der Waals surface area contributed by atoms with Gasteiger partial charge in [0.15, 0.2) is 5.78 Å². The molecule has 0 N–H and O–H groups in total. The quantitative estimate of drug-likeness (QED) is 0.772. The first-order valence-corrected chi connectivity index (χ1v) is 6.88. The van der Waals surface area contributed by atoms with Crippen molar-refractivity contribution >= 4 is 5.78 Å². The molecule has 0 saturated heterocycles. The summed E-state index contributed by atoms with van der Waals surface area (Å²) in [5, 5.41) is 0. The maximum absolute atomic E-state index is 13.4. The van der Waals surface area contributed by atoms with Crippen LogP contribution in [0, 0.1) is 26.6 Å². The first kappa shape index (κ1) is 15.2. The Bertz CT molecular complexity index is 667. The number of hydrogen-bond donors (Lipinski definition) is 0. The predicted molar refractivity (Wildman–Crippen MR) is 81.4 cm³/mol. The fourth-order valence-electron chi connectivity index (χ4n) is 2.49. The number of Topliss-reactive ketones (excluding diaryl/α,β-unsaturated/α-hetero) is 1. The van der Waals surface area contributed by atoms with Crippen molar-refractivity contribution < 1.29 is 13.9 Å². The zero-order valence-corrected chi connectivity index (χ0v) is 12.8. The first-order valence-electron chi connectivity index (χ1n) is 6.88. The molecule has 0 amide bonds. The van der Waals surface area contributed by atoms with Crippen LogP contribution in [0.1, 0.15) is 39.5 Å². The summed E-state index contributed by atoms with van der Waals surface area (Å²) in [6, 6.07) is 8.16. The van der Waals surface area contributed by atoms with Gasteiger partial charge in [0.1, 0.15) is 18.2 Å². The van der Waals surface area contributed by atoms with Gasteiger partial charge in [0.2, 0.25) is 0 Å². The van der Waals surface area contributed by atoms with Crippen molar-refractivity contribution in [3.63, 3.8) is 0 Å². The Labute approximate surface area is 124 Å². The van der Waals surface area contributed by atoms with E-state index in [9.17, 15) is 9.18 Å². The number of carbonyl (C=O) groups excluding carboxylic acids is 1. The van der Waals surface area contributed by atoms with Crippen LogP contribution in [0.15, 0.2) is 30.3 Å². The lowest BCUT2D eigenvalue weighted by Gasteiger charge is -2.14. The molecule has 0 fully saturated rings. The fraction of sp³-hybridized carbons (Fsp3) is 0.278. The minimum Gasteiger partial charge on any atom is -0.488 e. The number of ketones is 1. The summed E-state index contributed by atoms with van der Waals surface area (Å²) in [5.41, 5.74) is 4.93. The molecule has 0 atom stereocenters. The molecule has 2 aromatic rings. The van der Waals surface area contributed by atoms with Gasteiger partial charge in [-0.3, -0.25) is 4.79 Å². The van der Waals surface area contributed by atoms with Crippen molar-refractivity contribution in [2.45, 2.75) is 34.3 Å². The lowest BCUT2D eigenvalue weighted by atomic mass is 10.0. The van der Waals surface area contributed by atoms with E-state index >= 15 is 0 Å². The Balaban J connectivity index is 2.28. The topological polar surface area (TPSA) is 26.3 Å². The van der Waals surface area contributed by atoms with Gasteiger partial charge in [-0.2, -0.15) is 0 Å². The third kappa shape index (κ3) is 3.48. The van der Waals surface area contributed by atoms with Crippen LogP contribution in [0.3, 0.4) is 0 Å². The van der Waals surface area contributed by atoms with Crippen LogP contribution >= 0.6 is 0 Å². The van der Waals surface area contributed by atoms with Crippen LogP contribution in [-0.4, -0.2) is 5.78 Å². The van der Waals surface area contributed by atoms with Gasteiger partial charge in [-0.05, 0) is 56.5 Å². The smallest absolute Gasteiger partial charge is 0.163 e. The standard InChI is InChI=1S/C18H19FO2/c1-11-7-12(2)17(13(3)8-11)10-21-18-9-15(19)5-6-16(18)14(4)20/h5-9H,10H2,1-4H3. The van der Waals surface area contributed by atoms with E-state index in [2.05, 4.69) is 12.1 Å². The van der Waals surface area contributed by atoms with Crippen LogP contribution in [0.25, 0.3) is 0 Å². The third-order valence-corrected chi connectivity index (χ3v) is 3.54. The second kappa shape index (κ2) is 6.08. The van der Waals surface area contributed by atoms with Crippen molar-refractivity contribution in [3.05, 3.63) is 64.0 Å². The summed E-state index contributed by atoms with van der Waals surface area (Å²) in [4.78, 5) is 11.6. The molecule has 2 aromatic carbocycles. The van der Waals surface area contributed by atoms with E-state index < -0.39 is 5.82 Å². The maximum atomic E-state index is 13.4. The van der Waals surface area contributed by atoms with E-state index in [0.29, 0.717) is 17.9 Å². The van der Waals surface area contributed by atoms with Gasteiger partial charge in [-0.1, -0.05) is 17.7 Å². The molecule has 3 heteroatoms. The van der Waals surface area contributed by atoms with Gasteiger partial charge in [0.25, 0.3) is 0 Å². The maximum Gasteiger partial charge on any atom is 0.163 e. The average molecular weight is 286 g/mol. The molecule has 0 aliphatic heterocycles. The van der Waals surface area contributed by atoms with E-state index in [-0.39, 0.29) is 5.78 Å². The van der Waals surface area contributed by atoms with Gasteiger partial charge >= 0.3 is 0 Å². The fourth-order valence-corrected chi connectivity index (χ4v) is 2.49. The summed E-state index contributed by atoms with van der Waals surface area (Å²) in [6.45, 7) is 7.86. The lowest BCUT2D eigenvalue weighted by Crippen LogP contribution is -2.05. The number of halogens is 1. The lowest BCUT2D eigenvalue weighted by molar-refractivity contribution is 0.101. The van der Waals surface area contributed by atoms with E-state index in [1.54, 1.807) is 0 Å². The third-order valence-electron chi connectivity index (χ3n) is 3.54. The van der Waals surface area contributed by atoms with Crippen LogP contribution in [0.2, 0.25) is 0 Å². The molecular formula is C18H19FO2. The Morgan fingerprint density at radius 2 is 1.71 bits per heavy atom. The number of hydrogen-bond acceptors (Lipinski definition) is 2. The van der Waals surface area contributed by atoms with Crippen LogP contribution in [0.5, 0.6) is 5.75 Å². The minimum absolute atomic E-state index is 0.137. The molecule has 0 aliphatic carbocycles.